The topological polar surface area (TPSA) is 62.8 Å². The number of fused-ring (bicyclic) bond motifs is 6. The lowest BCUT2D eigenvalue weighted by molar-refractivity contribution is 0.414. The van der Waals surface area contributed by atoms with Gasteiger partial charge >= 0.3 is 0 Å². The Hall–Kier alpha value is -11.0. The molecular formula is C98H80N6S6. The standard InChI is InChI=1S/C98H80N6S6/c1-7-11-51-97(52-12-8-2)83-55-65(35-41-77(83)79-43-37-73(59-85(79)97)103(69-27-19-15-20-28-69)70-29-21-16-22-30-70)81-61-93(91-46-40-76(106-91)58-68(64-100)102-6)109-95(81)96-82(62-94(110-96)92-50-49-90(108-92)89-48-47-88(107-89)87-45-39-75(105-87)57-67(63-99)101-5)66-36-42-78-80-44-38-74(104(71-31-23-17-24-32-71)72-33-25-18-26-34-72)60-86(80)98(53-13-9-3,54-14-10-4)84(78)56-66/h15-50,55-62H,7-14,51-54H2,1-4H3/b67-57-,68-58+. The highest BCUT2D eigenvalue weighted by Crippen LogP contribution is 2.61. The van der Waals surface area contributed by atoms with Crippen LogP contribution in [0.1, 0.15) is 137 Å². The van der Waals surface area contributed by atoms with Crippen molar-refractivity contribution in [3.8, 4) is 105 Å². The maximum atomic E-state index is 10.0. The van der Waals surface area contributed by atoms with Crippen LogP contribution in [0.15, 0.2) is 266 Å². The summed E-state index contributed by atoms with van der Waals surface area (Å²) in [5, 5.41) is 19.6. The van der Waals surface area contributed by atoms with Gasteiger partial charge in [-0.1, -0.05) is 188 Å². The van der Waals surface area contributed by atoms with Crippen LogP contribution in [0.25, 0.3) is 115 Å². The number of nitriles is 2. The maximum Gasteiger partial charge on any atom is 0.263 e. The van der Waals surface area contributed by atoms with Crippen LogP contribution in [0.3, 0.4) is 0 Å². The largest absolute Gasteiger partial charge is 0.310 e. The fourth-order valence-electron chi connectivity index (χ4n) is 16.6. The number of thiophene rings is 6. The second kappa shape index (κ2) is 32.3. The molecule has 0 aliphatic heterocycles. The molecule has 6 heterocycles. The SMILES string of the molecule is [C-]#[N+]/C(C#N)=C\c1ccc(-c2ccc(-c3ccc(-c4cc(-c5ccc6c(c5)C(CCCC)(CCCC)c5cc(N(c7ccccc7)c7ccccc7)ccc5-6)c(-c5sc(-c6ccc(/C=C(\C#N)[N+]#[C-])s6)cc5-c5ccc6c(c5)C(CCCC)(CCCC)c5cc(N(c7ccccc7)c7ccccc7)ccc5-6)s4)s3)s2)s1. The quantitative estimate of drug-likeness (QED) is 0.0380. The van der Waals surface area contributed by atoms with Gasteiger partial charge in [-0.15, -0.1) is 68.0 Å². The van der Waals surface area contributed by atoms with Crippen molar-refractivity contribution >= 4 is 114 Å². The summed E-state index contributed by atoms with van der Waals surface area (Å²) >= 11 is 10.6. The van der Waals surface area contributed by atoms with E-state index in [1.165, 1.54) is 96.0 Å². The fourth-order valence-corrected chi connectivity index (χ4v) is 23.4. The second-order valence-corrected chi connectivity index (χ2v) is 35.0. The summed E-state index contributed by atoms with van der Waals surface area (Å²) < 4.78 is 0. The lowest BCUT2D eigenvalue weighted by atomic mass is 9.70. The van der Waals surface area contributed by atoms with E-state index in [0.717, 1.165) is 140 Å². The molecule has 110 heavy (non-hydrogen) atoms. The second-order valence-electron chi connectivity index (χ2n) is 28.5. The van der Waals surface area contributed by atoms with E-state index in [-0.39, 0.29) is 22.2 Å². The Balaban J connectivity index is 0.893. The molecule has 14 aromatic rings. The smallest absolute Gasteiger partial charge is 0.263 e. The number of rotatable bonds is 27. The Morgan fingerprint density at radius 2 is 0.627 bits per heavy atom. The third-order valence-electron chi connectivity index (χ3n) is 21.8. The van der Waals surface area contributed by atoms with Crippen LogP contribution in [0, 0.1) is 35.8 Å². The molecule has 8 aromatic carbocycles. The molecule has 2 aliphatic carbocycles. The minimum Gasteiger partial charge on any atom is -0.310 e. The van der Waals surface area contributed by atoms with Crippen molar-refractivity contribution in [1.82, 2.24) is 0 Å². The van der Waals surface area contributed by atoms with E-state index in [2.05, 4.69) is 302 Å². The molecule has 0 N–H and O–H groups in total. The van der Waals surface area contributed by atoms with E-state index in [1.807, 2.05) is 46.1 Å². The van der Waals surface area contributed by atoms with Crippen molar-refractivity contribution in [2.75, 3.05) is 9.80 Å². The Labute approximate surface area is 671 Å². The van der Waals surface area contributed by atoms with Gasteiger partial charge in [0.15, 0.2) is 0 Å². The first kappa shape index (κ1) is 73.2. The molecule has 538 valence electrons. The lowest BCUT2D eigenvalue weighted by Gasteiger charge is -2.34. The third kappa shape index (κ3) is 14.0. The number of unbranched alkanes of at least 4 members (excludes halogenated alkanes) is 4. The Morgan fingerprint density at radius 3 is 0.955 bits per heavy atom. The van der Waals surface area contributed by atoms with E-state index in [0.29, 0.717) is 0 Å². The zero-order valence-electron chi connectivity index (χ0n) is 62.0. The minimum atomic E-state index is -0.254. The van der Waals surface area contributed by atoms with E-state index in [4.69, 9.17) is 13.1 Å². The van der Waals surface area contributed by atoms with Crippen LogP contribution < -0.4 is 9.80 Å². The minimum absolute atomic E-state index is 0.0677. The fraction of sp³-hybridized carbons (Fsp3) is 0.184. The first-order chi connectivity index (χ1) is 54.1. The van der Waals surface area contributed by atoms with Crippen LogP contribution in [0.5, 0.6) is 0 Å². The van der Waals surface area contributed by atoms with Crippen LogP contribution in [0.2, 0.25) is 0 Å². The molecule has 0 saturated carbocycles. The molecule has 6 aromatic heterocycles. The van der Waals surface area contributed by atoms with Crippen LogP contribution in [-0.2, 0) is 10.8 Å². The third-order valence-corrected chi connectivity index (χ3v) is 29.3. The Bertz CT molecular complexity index is 5820. The molecule has 0 unspecified atom stereocenters. The van der Waals surface area contributed by atoms with Gasteiger partial charge in [0, 0.05) is 105 Å². The van der Waals surface area contributed by atoms with Gasteiger partial charge in [-0.25, -0.2) is 20.2 Å². The monoisotopic (exact) mass is 1530 g/mol. The van der Waals surface area contributed by atoms with E-state index < -0.39 is 0 Å². The molecule has 6 nitrogen and oxygen atoms in total. The lowest BCUT2D eigenvalue weighted by Crippen LogP contribution is -2.26. The molecule has 2 aliphatic rings. The highest BCUT2D eigenvalue weighted by atomic mass is 32.1. The predicted molar refractivity (Wildman–Crippen MR) is 472 cm³/mol. The number of hydrogen-bond acceptors (Lipinski definition) is 10. The Morgan fingerprint density at radius 1 is 0.327 bits per heavy atom. The molecule has 16 rings (SSSR count). The summed E-state index contributed by atoms with van der Waals surface area (Å²) in [4.78, 5) is 25.3. The average molecular weight is 1530 g/mol. The molecular weight excluding hydrogens is 1450 g/mol. The molecule has 0 radical (unpaired) electrons. The van der Waals surface area contributed by atoms with Gasteiger partial charge in [-0.3, -0.25) is 0 Å². The number of nitrogens with zero attached hydrogens (tertiary/aromatic N) is 6. The molecule has 12 heteroatoms. The van der Waals surface area contributed by atoms with Gasteiger partial charge in [-0.05, 0) is 239 Å². The molecule has 0 saturated heterocycles. The van der Waals surface area contributed by atoms with Gasteiger partial charge in [0.05, 0.1) is 35.0 Å². The first-order valence-electron chi connectivity index (χ1n) is 38.2. The molecule has 0 amide bonds. The summed E-state index contributed by atoms with van der Waals surface area (Å²) in [6.07, 6.45) is 16.3. The number of para-hydroxylation sites is 4. The van der Waals surface area contributed by atoms with E-state index in [1.54, 1.807) is 46.2 Å². The van der Waals surface area contributed by atoms with Gasteiger partial charge in [0.25, 0.3) is 11.4 Å². The molecule has 0 spiro atoms. The Kier molecular flexibility index (Phi) is 21.5. The molecule has 0 atom stereocenters. The van der Waals surface area contributed by atoms with E-state index >= 15 is 0 Å². The summed E-state index contributed by atoms with van der Waals surface area (Å²) in [5.41, 5.74) is 22.2. The van der Waals surface area contributed by atoms with Crippen LogP contribution >= 0.6 is 68.0 Å². The summed E-state index contributed by atoms with van der Waals surface area (Å²) in [6.45, 7) is 24.7. The van der Waals surface area contributed by atoms with Crippen molar-refractivity contribution in [3.05, 3.63) is 321 Å². The number of allylic oxidation sites excluding steroid dienone is 2. The highest BCUT2D eigenvalue weighted by molar-refractivity contribution is 7.31. The van der Waals surface area contributed by atoms with Crippen molar-refractivity contribution in [1.29, 1.82) is 10.5 Å². The predicted octanol–water partition coefficient (Wildman–Crippen LogP) is 31.5. The average Bonchev–Trinajstić information content (AvgIpc) is 1.56. The summed E-state index contributed by atoms with van der Waals surface area (Å²) in [7, 11) is 0. The number of hydrogen-bond donors (Lipinski definition) is 0. The van der Waals surface area contributed by atoms with Crippen LogP contribution in [-0.4, -0.2) is 0 Å². The summed E-state index contributed by atoms with van der Waals surface area (Å²) in [5.74, 6) is 0. The van der Waals surface area contributed by atoms with Gasteiger partial charge in [0.1, 0.15) is 0 Å². The van der Waals surface area contributed by atoms with Crippen LogP contribution in [0.4, 0.5) is 34.1 Å². The van der Waals surface area contributed by atoms with Gasteiger partial charge in [-0.2, -0.15) is 0 Å². The number of benzene rings is 8. The molecule has 0 bridgehead atoms. The highest BCUT2D eigenvalue weighted by Gasteiger charge is 2.45. The van der Waals surface area contributed by atoms with Gasteiger partial charge in [0.2, 0.25) is 0 Å². The zero-order chi connectivity index (χ0) is 75.3. The van der Waals surface area contributed by atoms with Crippen molar-refractivity contribution in [2.24, 2.45) is 0 Å². The van der Waals surface area contributed by atoms with Crippen molar-refractivity contribution in [2.45, 2.75) is 116 Å². The molecule has 0 fully saturated rings. The number of anilines is 6. The van der Waals surface area contributed by atoms with Crippen molar-refractivity contribution < 1.29 is 0 Å². The van der Waals surface area contributed by atoms with Gasteiger partial charge < -0.3 is 9.80 Å². The van der Waals surface area contributed by atoms with E-state index in [9.17, 15) is 10.5 Å². The zero-order valence-corrected chi connectivity index (χ0v) is 66.9. The summed E-state index contributed by atoms with van der Waals surface area (Å²) in [6, 6.07) is 99.3. The first-order valence-corrected chi connectivity index (χ1v) is 43.1. The van der Waals surface area contributed by atoms with Crippen molar-refractivity contribution in [3.63, 3.8) is 0 Å². The normalized spacial score (nSPS) is 13.0. The maximum absolute atomic E-state index is 10.0.